The predicted molar refractivity (Wildman–Crippen MR) is 119 cm³/mol. The zero-order valence-corrected chi connectivity index (χ0v) is 17.9. The van der Waals surface area contributed by atoms with Gasteiger partial charge in [-0.25, -0.2) is 0 Å². The van der Waals surface area contributed by atoms with Crippen molar-refractivity contribution in [2.24, 2.45) is 0 Å². The molecule has 0 aliphatic carbocycles. The fraction of sp³-hybridized carbons (Fsp3) is 0.375. The number of methoxy groups -OCH3 is 2. The monoisotopic (exact) mass is 396 g/mol. The van der Waals surface area contributed by atoms with E-state index in [0.29, 0.717) is 6.54 Å². The summed E-state index contributed by atoms with van der Waals surface area (Å²) in [5.41, 5.74) is 3.45. The number of nitrogens with one attached hydrogen (secondary N) is 1. The first-order valence-electron chi connectivity index (χ1n) is 9.94. The van der Waals surface area contributed by atoms with Gasteiger partial charge in [-0.1, -0.05) is 35.9 Å². The van der Waals surface area contributed by atoms with Gasteiger partial charge in [0.25, 0.3) is 0 Å². The van der Waals surface area contributed by atoms with Crippen molar-refractivity contribution in [2.45, 2.75) is 19.8 Å². The molecule has 156 valence electrons. The lowest BCUT2D eigenvalue weighted by molar-refractivity contribution is -0.116. The summed E-state index contributed by atoms with van der Waals surface area (Å²) in [5, 5.41) is 2.94. The first-order chi connectivity index (χ1) is 14.0. The first kappa shape index (κ1) is 22.5. The molecule has 0 spiro atoms. The molecule has 0 fully saturated rings. The molecule has 2 aromatic carbocycles. The number of likely N-dealkylation sites (N-methyl/N-ethyl adjacent to an activating group) is 1. The molecule has 5 heteroatoms. The van der Waals surface area contributed by atoms with Gasteiger partial charge in [0.15, 0.2) is 11.5 Å². The smallest absolute Gasteiger partial charge is 0.243 e. The minimum Gasteiger partial charge on any atom is -0.493 e. The zero-order chi connectivity index (χ0) is 21.1. The summed E-state index contributed by atoms with van der Waals surface area (Å²) in [7, 11) is 5.39. The van der Waals surface area contributed by atoms with Gasteiger partial charge >= 0.3 is 0 Å². The summed E-state index contributed by atoms with van der Waals surface area (Å²) in [6.45, 7) is 4.58. The molecule has 29 heavy (non-hydrogen) atoms. The van der Waals surface area contributed by atoms with Crippen molar-refractivity contribution < 1.29 is 14.3 Å². The quantitative estimate of drug-likeness (QED) is 0.465. The van der Waals surface area contributed by atoms with E-state index in [1.807, 2.05) is 49.4 Å². The number of carbonyl (C=O) groups excluding carboxylic acids is 1. The van der Waals surface area contributed by atoms with Gasteiger partial charge in [0.1, 0.15) is 0 Å². The summed E-state index contributed by atoms with van der Waals surface area (Å²) in [6, 6.07) is 14.1. The van der Waals surface area contributed by atoms with Crippen LogP contribution in [0.2, 0.25) is 0 Å². The van der Waals surface area contributed by atoms with Crippen LogP contribution in [0.5, 0.6) is 11.5 Å². The fourth-order valence-electron chi connectivity index (χ4n) is 2.94. The number of hydrogen-bond acceptors (Lipinski definition) is 4. The lowest BCUT2D eigenvalue weighted by Gasteiger charge is -2.17. The SMILES string of the molecule is COc1ccc(CCN(C)CCCNC(=O)C=Cc2ccc(C)cc2)cc1OC. The Morgan fingerprint density at radius 2 is 1.76 bits per heavy atom. The van der Waals surface area contributed by atoms with Crippen molar-refractivity contribution in [3.05, 3.63) is 65.2 Å². The van der Waals surface area contributed by atoms with E-state index in [-0.39, 0.29) is 5.91 Å². The van der Waals surface area contributed by atoms with Crippen LogP contribution in [-0.4, -0.2) is 51.7 Å². The Kier molecular flexibility index (Phi) is 9.25. The molecular formula is C24H32N2O3. The van der Waals surface area contributed by atoms with E-state index in [9.17, 15) is 4.79 Å². The number of hydrogen-bond donors (Lipinski definition) is 1. The summed E-state index contributed by atoms with van der Waals surface area (Å²) in [4.78, 5) is 14.2. The number of nitrogens with zero attached hydrogens (tertiary/aromatic N) is 1. The highest BCUT2D eigenvalue weighted by Gasteiger charge is 2.06. The molecule has 0 radical (unpaired) electrons. The van der Waals surface area contributed by atoms with Crippen LogP contribution in [0.15, 0.2) is 48.5 Å². The second-order valence-electron chi connectivity index (χ2n) is 7.13. The van der Waals surface area contributed by atoms with Crippen LogP contribution in [0.4, 0.5) is 0 Å². The number of ether oxygens (including phenoxy) is 2. The molecule has 2 rings (SSSR count). The van der Waals surface area contributed by atoms with E-state index >= 15 is 0 Å². The van der Waals surface area contributed by atoms with Crippen molar-refractivity contribution >= 4 is 12.0 Å². The van der Waals surface area contributed by atoms with Gasteiger partial charge in [0.2, 0.25) is 5.91 Å². The van der Waals surface area contributed by atoms with E-state index in [1.165, 1.54) is 11.1 Å². The molecule has 5 nitrogen and oxygen atoms in total. The Labute approximate surface area is 174 Å². The molecule has 2 aromatic rings. The minimum absolute atomic E-state index is 0.0569. The maximum Gasteiger partial charge on any atom is 0.243 e. The Balaban J connectivity index is 1.64. The van der Waals surface area contributed by atoms with Gasteiger partial charge in [-0.05, 0) is 62.7 Å². The van der Waals surface area contributed by atoms with E-state index in [1.54, 1.807) is 20.3 Å². The lowest BCUT2D eigenvalue weighted by Crippen LogP contribution is -2.28. The average molecular weight is 397 g/mol. The Bertz CT molecular complexity index is 800. The molecule has 0 aliphatic rings. The van der Waals surface area contributed by atoms with Crippen LogP contribution < -0.4 is 14.8 Å². The Morgan fingerprint density at radius 3 is 2.45 bits per heavy atom. The number of amides is 1. The molecule has 0 unspecified atom stereocenters. The Hall–Kier alpha value is -2.79. The molecular weight excluding hydrogens is 364 g/mol. The van der Waals surface area contributed by atoms with Crippen molar-refractivity contribution in [3.8, 4) is 11.5 Å². The van der Waals surface area contributed by atoms with Gasteiger partial charge in [0, 0.05) is 19.2 Å². The van der Waals surface area contributed by atoms with Gasteiger partial charge < -0.3 is 19.7 Å². The van der Waals surface area contributed by atoms with E-state index in [2.05, 4.69) is 23.3 Å². The highest BCUT2D eigenvalue weighted by molar-refractivity contribution is 5.91. The second kappa shape index (κ2) is 11.9. The van der Waals surface area contributed by atoms with Crippen LogP contribution in [0.1, 0.15) is 23.1 Å². The van der Waals surface area contributed by atoms with Crippen LogP contribution in [0.3, 0.4) is 0 Å². The van der Waals surface area contributed by atoms with Crippen LogP contribution in [0, 0.1) is 6.92 Å². The van der Waals surface area contributed by atoms with Crippen LogP contribution in [0.25, 0.3) is 6.08 Å². The molecule has 0 heterocycles. The molecule has 1 N–H and O–H groups in total. The van der Waals surface area contributed by atoms with Crippen molar-refractivity contribution in [1.82, 2.24) is 10.2 Å². The maximum absolute atomic E-state index is 11.9. The predicted octanol–water partition coefficient (Wildman–Crippen LogP) is 3.71. The highest BCUT2D eigenvalue weighted by atomic mass is 16.5. The molecule has 0 saturated heterocycles. The van der Waals surface area contributed by atoms with E-state index in [0.717, 1.165) is 43.0 Å². The Morgan fingerprint density at radius 1 is 1.03 bits per heavy atom. The largest absolute Gasteiger partial charge is 0.493 e. The van der Waals surface area contributed by atoms with E-state index in [4.69, 9.17) is 9.47 Å². The molecule has 0 bridgehead atoms. The third-order valence-corrected chi connectivity index (χ3v) is 4.75. The number of rotatable bonds is 11. The number of aryl methyl sites for hydroxylation is 1. The molecule has 0 atom stereocenters. The topological polar surface area (TPSA) is 50.8 Å². The van der Waals surface area contributed by atoms with Crippen molar-refractivity contribution in [3.63, 3.8) is 0 Å². The zero-order valence-electron chi connectivity index (χ0n) is 17.9. The normalized spacial score (nSPS) is 11.1. The third-order valence-electron chi connectivity index (χ3n) is 4.75. The van der Waals surface area contributed by atoms with Gasteiger partial charge in [-0.2, -0.15) is 0 Å². The second-order valence-corrected chi connectivity index (χ2v) is 7.13. The third kappa shape index (κ3) is 8.00. The summed E-state index contributed by atoms with van der Waals surface area (Å²) in [5.74, 6) is 1.45. The summed E-state index contributed by atoms with van der Waals surface area (Å²) < 4.78 is 10.6. The maximum atomic E-state index is 11.9. The standard InChI is InChI=1S/C24H32N2O3/c1-19-6-8-20(9-7-19)11-13-24(27)25-15-5-16-26(2)17-14-21-10-12-22(28-3)23(18-21)29-4/h6-13,18H,5,14-17H2,1-4H3,(H,25,27). The van der Waals surface area contributed by atoms with Crippen molar-refractivity contribution in [2.75, 3.05) is 40.9 Å². The lowest BCUT2D eigenvalue weighted by atomic mass is 10.1. The first-order valence-corrected chi connectivity index (χ1v) is 9.94. The fourth-order valence-corrected chi connectivity index (χ4v) is 2.94. The molecule has 0 aliphatic heterocycles. The highest BCUT2D eigenvalue weighted by Crippen LogP contribution is 2.27. The van der Waals surface area contributed by atoms with Gasteiger partial charge in [-0.3, -0.25) is 4.79 Å². The van der Waals surface area contributed by atoms with Gasteiger partial charge in [-0.15, -0.1) is 0 Å². The average Bonchev–Trinajstić information content (AvgIpc) is 2.74. The van der Waals surface area contributed by atoms with E-state index < -0.39 is 0 Å². The van der Waals surface area contributed by atoms with Crippen LogP contribution >= 0.6 is 0 Å². The molecule has 1 amide bonds. The number of benzene rings is 2. The molecule has 0 saturated carbocycles. The van der Waals surface area contributed by atoms with Gasteiger partial charge in [0.05, 0.1) is 14.2 Å². The van der Waals surface area contributed by atoms with Crippen LogP contribution in [-0.2, 0) is 11.2 Å². The summed E-state index contributed by atoms with van der Waals surface area (Å²) >= 11 is 0. The molecule has 0 aromatic heterocycles. The summed E-state index contributed by atoms with van der Waals surface area (Å²) in [6.07, 6.45) is 5.27. The van der Waals surface area contributed by atoms with Crippen molar-refractivity contribution in [1.29, 1.82) is 0 Å². The minimum atomic E-state index is -0.0569. The number of carbonyl (C=O) groups is 1.